The summed E-state index contributed by atoms with van der Waals surface area (Å²) in [5.41, 5.74) is 1.98. The van der Waals surface area contributed by atoms with Gasteiger partial charge in [-0.3, -0.25) is 9.78 Å². The van der Waals surface area contributed by atoms with E-state index in [1.54, 1.807) is 30.6 Å². The van der Waals surface area contributed by atoms with E-state index >= 15 is 0 Å². The summed E-state index contributed by atoms with van der Waals surface area (Å²) in [5, 5.41) is 12.3. The number of nitrogens with zero attached hydrogens (tertiary/aromatic N) is 1. The molecule has 1 amide bonds. The third-order valence-corrected chi connectivity index (χ3v) is 3.15. The van der Waals surface area contributed by atoms with Crippen LogP contribution in [0.5, 0.6) is 5.75 Å². The van der Waals surface area contributed by atoms with Crippen LogP contribution in [0.3, 0.4) is 0 Å². The van der Waals surface area contributed by atoms with Crippen molar-refractivity contribution in [3.63, 3.8) is 0 Å². The summed E-state index contributed by atoms with van der Waals surface area (Å²) in [6, 6.07) is 6.40. The van der Waals surface area contributed by atoms with Crippen LogP contribution < -0.4 is 5.32 Å². The van der Waals surface area contributed by atoms with Crippen molar-refractivity contribution in [3.05, 3.63) is 52.3 Å². The molecule has 0 radical (unpaired) electrons. The molecule has 0 aliphatic heterocycles. The Morgan fingerprint density at radius 3 is 2.83 bits per heavy atom. The maximum Gasteiger partial charge on any atom is 0.255 e. The predicted molar refractivity (Wildman–Crippen MR) is 72.7 cm³/mol. The van der Waals surface area contributed by atoms with Crippen molar-refractivity contribution in [2.24, 2.45) is 0 Å². The highest BCUT2D eigenvalue weighted by molar-refractivity contribution is 9.10. The summed E-state index contributed by atoms with van der Waals surface area (Å²) in [6.07, 6.45) is 3.29. The molecule has 0 bridgehead atoms. The third-order valence-electron chi connectivity index (χ3n) is 2.48. The Kier molecular flexibility index (Phi) is 3.62. The van der Waals surface area contributed by atoms with Gasteiger partial charge in [0, 0.05) is 23.6 Å². The van der Waals surface area contributed by atoms with Crippen LogP contribution in [0.2, 0.25) is 0 Å². The second kappa shape index (κ2) is 5.18. The number of aromatic hydroxyl groups is 1. The van der Waals surface area contributed by atoms with Crippen LogP contribution in [0, 0.1) is 6.92 Å². The Balaban J connectivity index is 2.22. The number of carbonyl (C=O) groups is 1. The molecule has 4 nitrogen and oxygen atoms in total. The minimum Gasteiger partial charge on any atom is -0.507 e. The van der Waals surface area contributed by atoms with Gasteiger partial charge in [0.2, 0.25) is 0 Å². The minimum atomic E-state index is -0.271. The monoisotopic (exact) mass is 306 g/mol. The van der Waals surface area contributed by atoms with E-state index in [-0.39, 0.29) is 11.7 Å². The van der Waals surface area contributed by atoms with Gasteiger partial charge in [-0.2, -0.15) is 0 Å². The molecule has 0 spiro atoms. The number of amides is 1. The molecule has 0 atom stereocenters. The largest absolute Gasteiger partial charge is 0.507 e. The highest BCUT2D eigenvalue weighted by Crippen LogP contribution is 2.24. The van der Waals surface area contributed by atoms with E-state index in [2.05, 4.69) is 26.2 Å². The lowest BCUT2D eigenvalue weighted by Crippen LogP contribution is -2.12. The molecule has 5 heteroatoms. The summed E-state index contributed by atoms with van der Waals surface area (Å²) < 4.78 is 0.555. The van der Waals surface area contributed by atoms with E-state index < -0.39 is 0 Å². The predicted octanol–water partition coefficient (Wildman–Crippen LogP) is 3.11. The van der Waals surface area contributed by atoms with Crippen LogP contribution in [0.4, 0.5) is 5.69 Å². The number of hydrogen-bond donors (Lipinski definition) is 2. The molecule has 92 valence electrons. The van der Waals surface area contributed by atoms with Gasteiger partial charge in [-0.15, -0.1) is 0 Å². The number of benzene rings is 1. The number of phenolic OH excluding ortho intramolecular Hbond substituents is 1. The normalized spacial score (nSPS) is 10.1. The molecule has 1 heterocycles. The molecule has 2 N–H and O–H groups in total. The van der Waals surface area contributed by atoms with Crippen molar-refractivity contribution in [1.82, 2.24) is 4.98 Å². The molecule has 1 aromatic heterocycles. The fourth-order valence-electron chi connectivity index (χ4n) is 1.46. The van der Waals surface area contributed by atoms with Gasteiger partial charge in [0.05, 0.1) is 4.47 Å². The molecule has 0 fully saturated rings. The maximum absolute atomic E-state index is 12.0. The lowest BCUT2D eigenvalue weighted by Gasteiger charge is -2.08. The molecular weight excluding hydrogens is 296 g/mol. The van der Waals surface area contributed by atoms with E-state index in [1.165, 1.54) is 6.07 Å². The Hall–Kier alpha value is -1.88. The first-order chi connectivity index (χ1) is 8.58. The Morgan fingerprint density at radius 2 is 2.17 bits per heavy atom. The Labute approximate surface area is 113 Å². The molecule has 0 saturated carbocycles. The Bertz CT molecular complexity index is 599. The van der Waals surface area contributed by atoms with Crippen molar-refractivity contribution in [1.29, 1.82) is 0 Å². The van der Waals surface area contributed by atoms with Gasteiger partial charge < -0.3 is 10.4 Å². The SMILES string of the molecule is Cc1cnccc1NC(=O)c1ccc(Br)c(O)c1. The van der Waals surface area contributed by atoms with Crippen molar-refractivity contribution in [2.75, 3.05) is 5.32 Å². The van der Waals surface area contributed by atoms with Crippen molar-refractivity contribution in [2.45, 2.75) is 6.92 Å². The molecule has 0 saturated heterocycles. The zero-order chi connectivity index (χ0) is 13.1. The number of anilines is 1. The summed E-state index contributed by atoms with van der Waals surface area (Å²) in [6.45, 7) is 1.86. The summed E-state index contributed by atoms with van der Waals surface area (Å²) in [7, 11) is 0. The average molecular weight is 307 g/mol. The first-order valence-electron chi connectivity index (χ1n) is 5.28. The highest BCUT2D eigenvalue weighted by Gasteiger charge is 2.09. The van der Waals surface area contributed by atoms with Crippen molar-refractivity contribution < 1.29 is 9.90 Å². The van der Waals surface area contributed by atoms with Crippen molar-refractivity contribution in [3.8, 4) is 5.75 Å². The number of aryl methyl sites for hydroxylation is 1. The van der Waals surface area contributed by atoms with E-state index in [0.29, 0.717) is 15.7 Å². The average Bonchev–Trinajstić information content (AvgIpc) is 2.35. The number of aromatic nitrogens is 1. The van der Waals surface area contributed by atoms with E-state index in [1.807, 2.05) is 6.92 Å². The molecule has 0 unspecified atom stereocenters. The number of hydrogen-bond acceptors (Lipinski definition) is 3. The minimum absolute atomic E-state index is 0.0362. The molecule has 0 aliphatic carbocycles. The second-order valence-electron chi connectivity index (χ2n) is 3.81. The van der Waals surface area contributed by atoms with Crippen LogP contribution in [-0.2, 0) is 0 Å². The van der Waals surface area contributed by atoms with Crippen LogP contribution in [-0.4, -0.2) is 16.0 Å². The van der Waals surface area contributed by atoms with Gasteiger partial charge in [-0.25, -0.2) is 0 Å². The van der Waals surface area contributed by atoms with Gasteiger partial charge in [0.1, 0.15) is 5.75 Å². The van der Waals surface area contributed by atoms with Crippen molar-refractivity contribution >= 4 is 27.5 Å². The second-order valence-corrected chi connectivity index (χ2v) is 4.67. The van der Waals surface area contributed by atoms with Gasteiger partial charge in [-0.05, 0) is 52.7 Å². The zero-order valence-corrected chi connectivity index (χ0v) is 11.2. The maximum atomic E-state index is 12.0. The third kappa shape index (κ3) is 2.68. The zero-order valence-electron chi connectivity index (χ0n) is 9.64. The van der Waals surface area contributed by atoms with Crippen LogP contribution in [0.25, 0.3) is 0 Å². The van der Waals surface area contributed by atoms with E-state index in [4.69, 9.17) is 0 Å². The first kappa shape index (κ1) is 12.6. The summed E-state index contributed by atoms with van der Waals surface area (Å²) in [5.74, 6) is -0.235. The fourth-order valence-corrected chi connectivity index (χ4v) is 1.71. The molecule has 2 aromatic rings. The summed E-state index contributed by atoms with van der Waals surface area (Å²) >= 11 is 3.17. The van der Waals surface area contributed by atoms with Gasteiger partial charge in [-0.1, -0.05) is 0 Å². The number of carbonyl (C=O) groups excluding carboxylic acids is 1. The molecule has 2 rings (SSSR count). The highest BCUT2D eigenvalue weighted by atomic mass is 79.9. The first-order valence-corrected chi connectivity index (χ1v) is 6.07. The fraction of sp³-hybridized carbons (Fsp3) is 0.0769. The van der Waals surface area contributed by atoms with Gasteiger partial charge in [0.15, 0.2) is 0 Å². The van der Waals surface area contributed by atoms with Gasteiger partial charge >= 0.3 is 0 Å². The quantitative estimate of drug-likeness (QED) is 0.896. The molecular formula is C13H11BrN2O2. The molecule has 0 aliphatic rings. The summed E-state index contributed by atoms with van der Waals surface area (Å²) in [4.78, 5) is 15.9. The number of nitrogens with one attached hydrogen (secondary N) is 1. The Morgan fingerprint density at radius 1 is 1.39 bits per heavy atom. The number of halogens is 1. The smallest absolute Gasteiger partial charge is 0.255 e. The topological polar surface area (TPSA) is 62.2 Å². The number of pyridine rings is 1. The lowest BCUT2D eigenvalue weighted by atomic mass is 10.2. The number of phenols is 1. The van der Waals surface area contributed by atoms with Crippen LogP contribution in [0.15, 0.2) is 41.1 Å². The molecule has 1 aromatic carbocycles. The van der Waals surface area contributed by atoms with E-state index in [9.17, 15) is 9.90 Å². The number of rotatable bonds is 2. The van der Waals surface area contributed by atoms with Gasteiger partial charge in [0.25, 0.3) is 5.91 Å². The van der Waals surface area contributed by atoms with Crippen LogP contribution in [0.1, 0.15) is 15.9 Å². The lowest BCUT2D eigenvalue weighted by molar-refractivity contribution is 0.102. The standard InChI is InChI=1S/C13H11BrN2O2/c1-8-7-15-5-4-11(8)16-13(18)9-2-3-10(14)12(17)6-9/h2-7,17H,1H3,(H,15,16,18). The molecule has 18 heavy (non-hydrogen) atoms. The van der Waals surface area contributed by atoms with Crippen LogP contribution >= 0.6 is 15.9 Å². The van der Waals surface area contributed by atoms with E-state index in [0.717, 1.165) is 5.56 Å².